The minimum Gasteiger partial charge on any atom is -0.490 e. The van der Waals surface area contributed by atoms with Gasteiger partial charge in [0.15, 0.2) is 17.2 Å². The summed E-state index contributed by atoms with van der Waals surface area (Å²) in [4.78, 5) is 27.1. The Bertz CT molecular complexity index is 1370. The minimum absolute atomic E-state index is 0.0273. The number of carbonyl (C=O) groups excluding carboxylic acids is 1. The fraction of sp³-hybridized carbons (Fsp3) is 0.120. The lowest BCUT2D eigenvalue weighted by atomic mass is 10.1. The number of hydrogen-bond donors (Lipinski definition) is 0. The third kappa shape index (κ3) is 5.79. The zero-order chi connectivity index (χ0) is 24.9. The van der Waals surface area contributed by atoms with Gasteiger partial charge in [-0.3, -0.25) is 10.1 Å². The van der Waals surface area contributed by atoms with Crippen molar-refractivity contribution in [2.75, 3.05) is 6.61 Å². The Balaban J connectivity index is 1.58. The van der Waals surface area contributed by atoms with Crippen molar-refractivity contribution in [2.45, 2.75) is 13.5 Å². The van der Waals surface area contributed by atoms with E-state index in [1.165, 1.54) is 24.3 Å². The molecule has 0 aromatic heterocycles. The molecule has 0 atom stereocenters. The van der Waals surface area contributed by atoms with Gasteiger partial charge in [-0.05, 0) is 60.5 Å². The minimum atomic E-state index is -0.683. The number of nitro benzene ring substituents is 1. The summed E-state index contributed by atoms with van der Waals surface area (Å²) in [5.41, 5.74) is 1.52. The summed E-state index contributed by atoms with van der Waals surface area (Å²) in [5.74, 6) is 0.290. The van der Waals surface area contributed by atoms with Crippen molar-refractivity contribution in [3.63, 3.8) is 0 Å². The van der Waals surface area contributed by atoms with Crippen LogP contribution in [0.5, 0.6) is 11.5 Å². The molecule has 1 aliphatic rings. The second-order valence-corrected chi connectivity index (χ2v) is 8.16. The molecule has 0 aliphatic carbocycles. The first-order chi connectivity index (χ1) is 16.8. The van der Waals surface area contributed by atoms with E-state index in [0.717, 1.165) is 5.56 Å². The number of cyclic esters (lactones) is 1. The van der Waals surface area contributed by atoms with Gasteiger partial charge in [-0.1, -0.05) is 41.4 Å². The summed E-state index contributed by atoms with van der Waals surface area (Å²) in [6, 6.07) is 16.6. The number of aliphatic imine (C=N–C) groups is 1. The Morgan fingerprint density at radius 3 is 2.63 bits per heavy atom. The smallest absolute Gasteiger partial charge is 0.363 e. The van der Waals surface area contributed by atoms with Crippen molar-refractivity contribution >= 4 is 46.8 Å². The van der Waals surface area contributed by atoms with E-state index in [1.54, 1.807) is 24.3 Å². The first-order valence-electron chi connectivity index (χ1n) is 10.4. The Hall–Kier alpha value is -3.88. The molecule has 3 aromatic carbocycles. The Morgan fingerprint density at radius 1 is 1.06 bits per heavy atom. The first kappa shape index (κ1) is 24.3. The topological polar surface area (TPSA) is 100 Å². The highest BCUT2D eigenvalue weighted by atomic mass is 35.5. The molecule has 8 nitrogen and oxygen atoms in total. The highest BCUT2D eigenvalue weighted by molar-refractivity contribution is 6.32. The van der Waals surface area contributed by atoms with Gasteiger partial charge < -0.3 is 14.2 Å². The lowest BCUT2D eigenvalue weighted by molar-refractivity contribution is -0.384. The fourth-order valence-corrected chi connectivity index (χ4v) is 3.67. The molecule has 0 bridgehead atoms. The predicted molar refractivity (Wildman–Crippen MR) is 132 cm³/mol. The van der Waals surface area contributed by atoms with Crippen LogP contribution >= 0.6 is 23.2 Å². The summed E-state index contributed by atoms with van der Waals surface area (Å²) >= 11 is 11.9. The molecular formula is C25H18Cl2N2O6. The number of ether oxygens (including phenoxy) is 3. The fourth-order valence-electron chi connectivity index (χ4n) is 3.27. The molecule has 1 aliphatic heterocycles. The molecule has 0 spiro atoms. The van der Waals surface area contributed by atoms with Gasteiger partial charge in [0, 0.05) is 16.7 Å². The first-order valence-corrected chi connectivity index (χ1v) is 11.2. The van der Waals surface area contributed by atoms with E-state index >= 15 is 0 Å². The molecule has 0 fully saturated rings. The molecule has 178 valence electrons. The average molecular weight is 513 g/mol. The predicted octanol–water partition coefficient (Wildman–Crippen LogP) is 6.22. The average Bonchev–Trinajstić information content (AvgIpc) is 3.19. The summed E-state index contributed by atoms with van der Waals surface area (Å²) in [7, 11) is 0. The van der Waals surface area contributed by atoms with E-state index in [-0.39, 0.29) is 27.9 Å². The zero-order valence-corrected chi connectivity index (χ0v) is 19.9. The summed E-state index contributed by atoms with van der Waals surface area (Å²) in [6.07, 6.45) is 1.53. The molecule has 0 N–H and O–H groups in total. The largest absolute Gasteiger partial charge is 0.490 e. The zero-order valence-electron chi connectivity index (χ0n) is 18.4. The Morgan fingerprint density at radius 2 is 1.89 bits per heavy atom. The van der Waals surface area contributed by atoms with E-state index in [1.807, 2.05) is 25.1 Å². The van der Waals surface area contributed by atoms with E-state index in [4.69, 9.17) is 37.4 Å². The number of carbonyl (C=O) groups is 1. The monoisotopic (exact) mass is 512 g/mol. The number of halogens is 2. The molecule has 0 saturated heterocycles. The van der Waals surface area contributed by atoms with Gasteiger partial charge in [0.2, 0.25) is 5.90 Å². The maximum atomic E-state index is 12.4. The van der Waals surface area contributed by atoms with Crippen molar-refractivity contribution in [1.29, 1.82) is 0 Å². The van der Waals surface area contributed by atoms with Gasteiger partial charge in [0.1, 0.15) is 11.6 Å². The third-order valence-corrected chi connectivity index (χ3v) is 5.42. The normalized spacial score (nSPS) is 14.0. The lowest BCUT2D eigenvalue weighted by Gasteiger charge is -2.13. The molecule has 4 rings (SSSR count). The van der Waals surface area contributed by atoms with Crippen molar-refractivity contribution < 1.29 is 23.9 Å². The molecule has 1 heterocycles. The standard InChI is InChI=1S/C25H18Cl2N2O6/c1-2-33-23-12-15(6-9-22(23)34-14-16-4-3-5-18(26)10-16)11-20-25(30)35-24(28-20)17-7-8-19(27)21(13-17)29(31)32/h3-13H,2,14H2,1H3/b20-11-. The van der Waals surface area contributed by atoms with Crippen LogP contribution in [-0.2, 0) is 16.1 Å². The number of benzene rings is 3. The van der Waals surface area contributed by atoms with Crippen LogP contribution in [0, 0.1) is 10.1 Å². The highest BCUT2D eigenvalue weighted by Crippen LogP contribution is 2.32. The van der Waals surface area contributed by atoms with Crippen LogP contribution in [0.2, 0.25) is 10.0 Å². The number of nitro groups is 1. The Labute approximate surface area is 210 Å². The molecule has 0 radical (unpaired) electrons. The van der Waals surface area contributed by atoms with Gasteiger partial charge >= 0.3 is 5.97 Å². The molecule has 3 aromatic rings. The molecule has 0 saturated carbocycles. The summed E-state index contributed by atoms with van der Waals surface area (Å²) in [6.45, 7) is 2.56. The highest BCUT2D eigenvalue weighted by Gasteiger charge is 2.26. The number of esters is 1. The van der Waals surface area contributed by atoms with Gasteiger partial charge in [0.05, 0.1) is 11.5 Å². The Kier molecular flexibility index (Phi) is 7.33. The summed E-state index contributed by atoms with van der Waals surface area (Å²) in [5, 5.41) is 11.7. The van der Waals surface area contributed by atoms with E-state index in [9.17, 15) is 14.9 Å². The second kappa shape index (κ2) is 10.6. The van der Waals surface area contributed by atoms with Crippen molar-refractivity contribution in [2.24, 2.45) is 4.99 Å². The maximum absolute atomic E-state index is 12.4. The molecule has 0 amide bonds. The maximum Gasteiger partial charge on any atom is 0.363 e. The number of rotatable bonds is 8. The molecular weight excluding hydrogens is 495 g/mol. The molecule has 10 heteroatoms. The van der Waals surface area contributed by atoms with Crippen LogP contribution in [0.15, 0.2) is 71.4 Å². The van der Waals surface area contributed by atoms with E-state index < -0.39 is 10.9 Å². The lowest BCUT2D eigenvalue weighted by Crippen LogP contribution is -2.06. The SMILES string of the molecule is CCOc1cc(/C=C2\N=C(c3ccc(Cl)c([N+](=O)[O-])c3)OC2=O)ccc1OCc1cccc(Cl)c1. The van der Waals surface area contributed by atoms with E-state index in [0.29, 0.717) is 35.3 Å². The number of hydrogen-bond acceptors (Lipinski definition) is 7. The van der Waals surface area contributed by atoms with Gasteiger partial charge in [-0.15, -0.1) is 0 Å². The van der Waals surface area contributed by atoms with E-state index in [2.05, 4.69) is 4.99 Å². The van der Waals surface area contributed by atoms with Gasteiger partial charge in [-0.25, -0.2) is 9.79 Å². The molecule has 0 unspecified atom stereocenters. The molecule has 35 heavy (non-hydrogen) atoms. The van der Waals surface area contributed by atoms with Crippen LogP contribution in [0.3, 0.4) is 0 Å². The summed E-state index contributed by atoms with van der Waals surface area (Å²) < 4.78 is 16.8. The quantitative estimate of drug-likeness (QED) is 0.153. The van der Waals surface area contributed by atoms with Crippen LogP contribution in [0.25, 0.3) is 6.08 Å². The van der Waals surface area contributed by atoms with Crippen molar-refractivity contribution in [1.82, 2.24) is 0 Å². The third-order valence-electron chi connectivity index (χ3n) is 4.86. The van der Waals surface area contributed by atoms with Crippen LogP contribution in [-0.4, -0.2) is 23.4 Å². The van der Waals surface area contributed by atoms with Crippen LogP contribution in [0.4, 0.5) is 5.69 Å². The number of nitrogens with zero attached hydrogens (tertiary/aromatic N) is 2. The van der Waals surface area contributed by atoms with Gasteiger partial charge in [-0.2, -0.15) is 0 Å². The second-order valence-electron chi connectivity index (χ2n) is 7.32. The van der Waals surface area contributed by atoms with Crippen molar-refractivity contribution in [3.8, 4) is 11.5 Å². The van der Waals surface area contributed by atoms with Crippen molar-refractivity contribution in [3.05, 3.63) is 103 Å². The van der Waals surface area contributed by atoms with Crippen LogP contribution in [0.1, 0.15) is 23.6 Å². The van der Waals surface area contributed by atoms with Crippen LogP contribution < -0.4 is 9.47 Å². The van der Waals surface area contributed by atoms with Gasteiger partial charge in [0.25, 0.3) is 5.69 Å².